The van der Waals surface area contributed by atoms with Crippen molar-refractivity contribution >= 4 is 11.0 Å². The molecular weight excluding hydrogens is 354 g/mol. The SMILES string of the molecule is CCn1c([C@@H](C)N[C@H](C)c2cc(OC)c(OC)c(OC)c2)nc2ccccc21. The topological polar surface area (TPSA) is 57.5 Å². The van der Waals surface area contributed by atoms with Crippen molar-refractivity contribution in [3.05, 3.63) is 47.8 Å². The Morgan fingerprint density at radius 3 is 2.18 bits per heavy atom. The monoisotopic (exact) mass is 383 g/mol. The maximum atomic E-state index is 5.49. The molecule has 3 aromatic rings. The molecular formula is C22H29N3O3. The van der Waals surface area contributed by atoms with Crippen LogP contribution in [0.15, 0.2) is 36.4 Å². The number of aromatic nitrogens is 2. The van der Waals surface area contributed by atoms with Crippen molar-refractivity contribution < 1.29 is 14.2 Å². The first-order chi connectivity index (χ1) is 13.5. The van der Waals surface area contributed by atoms with Crippen molar-refractivity contribution in [2.75, 3.05) is 21.3 Å². The van der Waals surface area contributed by atoms with Crippen LogP contribution in [0.25, 0.3) is 11.0 Å². The lowest BCUT2D eigenvalue weighted by molar-refractivity contribution is 0.322. The second-order valence-corrected chi connectivity index (χ2v) is 6.77. The summed E-state index contributed by atoms with van der Waals surface area (Å²) in [5.41, 5.74) is 3.24. The van der Waals surface area contributed by atoms with Crippen molar-refractivity contribution in [3.8, 4) is 17.2 Å². The third-order valence-electron chi connectivity index (χ3n) is 5.07. The molecule has 0 aliphatic carbocycles. The zero-order valence-electron chi connectivity index (χ0n) is 17.4. The quantitative estimate of drug-likeness (QED) is 0.621. The summed E-state index contributed by atoms with van der Waals surface area (Å²) < 4.78 is 18.7. The Hall–Kier alpha value is -2.73. The van der Waals surface area contributed by atoms with Crippen molar-refractivity contribution in [1.82, 2.24) is 14.9 Å². The molecule has 3 rings (SSSR count). The molecule has 0 aliphatic rings. The number of para-hydroxylation sites is 2. The van der Waals surface area contributed by atoms with Crippen LogP contribution < -0.4 is 19.5 Å². The van der Waals surface area contributed by atoms with E-state index in [0.717, 1.165) is 29.0 Å². The van der Waals surface area contributed by atoms with E-state index >= 15 is 0 Å². The standard InChI is InChI=1S/C22H29N3O3/c1-7-25-18-11-9-8-10-17(18)24-22(25)15(3)23-14(2)16-12-19(26-4)21(28-6)20(13-16)27-5/h8-15,23H,7H2,1-6H3/t14-,15-/m1/s1. The molecule has 2 atom stereocenters. The molecule has 1 aromatic heterocycles. The molecule has 0 radical (unpaired) electrons. The molecule has 0 bridgehead atoms. The van der Waals surface area contributed by atoms with Gasteiger partial charge in [0.15, 0.2) is 11.5 Å². The number of nitrogens with one attached hydrogen (secondary N) is 1. The molecule has 6 nitrogen and oxygen atoms in total. The molecule has 1 N–H and O–H groups in total. The van der Waals surface area contributed by atoms with Gasteiger partial charge in [-0.1, -0.05) is 12.1 Å². The first kappa shape index (κ1) is 20.0. The van der Waals surface area contributed by atoms with Crippen LogP contribution in [0.4, 0.5) is 0 Å². The summed E-state index contributed by atoms with van der Waals surface area (Å²) in [7, 11) is 4.87. The number of hydrogen-bond donors (Lipinski definition) is 1. The van der Waals surface area contributed by atoms with Gasteiger partial charge in [0.05, 0.1) is 38.4 Å². The van der Waals surface area contributed by atoms with E-state index in [-0.39, 0.29) is 12.1 Å². The number of hydrogen-bond acceptors (Lipinski definition) is 5. The van der Waals surface area contributed by atoms with Crippen LogP contribution in [0, 0.1) is 0 Å². The van der Waals surface area contributed by atoms with Crippen molar-refractivity contribution in [1.29, 1.82) is 0 Å². The highest BCUT2D eigenvalue weighted by Crippen LogP contribution is 2.40. The van der Waals surface area contributed by atoms with E-state index in [1.807, 2.05) is 18.2 Å². The largest absolute Gasteiger partial charge is 0.493 e. The number of imidazole rings is 1. The van der Waals surface area contributed by atoms with Crippen molar-refractivity contribution in [2.45, 2.75) is 39.4 Å². The summed E-state index contributed by atoms with van der Waals surface area (Å²) in [6.45, 7) is 7.28. The first-order valence-electron chi connectivity index (χ1n) is 9.55. The molecule has 0 saturated heterocycles. The maximum absolute atomic E-state index is 5.49. The summed E-state index contributed by atoms with van der Waals surface area (Å²) in [5, 5.41) is 3.65. The summed E-state index contributed by atoms with van der Waals surface area (Å²) in [5.74, 6) is 2.93. The summed E-state index contributed by atoms with van der Waals surface area (Å²) in [6.07, 6.45) is 0. The van der Waals surface area contributed by atoms with Crippen LogP contribution in [-0.4, -0.2) is 30.9 Å². The molecule has 150 valence electrons. The molecule has 0 spiro atoms. The zero-order valence-corrected chi connectivity index (χ0v) is 17.4. The highest BCUT2D eigenvalue weighted by Gasteiger charge is 2.20. The van der Waals surface area contributed by atoms with Gasteiger partial charge in [-0.05, 0) is 50.6 Å². The molecule has 0 amide bonds. The number of nitrogens with zero attached hydrogens (tertiary/aromatic N) is 2. The molecule has 6 heteroatoms. The highest BCUT2D eigenvalue weighted by molar-refractivity contribution is 5.76. The number of aryl methyl sites for hydroxylation is 1. The van der Waals surface area contributed by atoms with Crippen LogP contribution in [-0.2, 0) is 6.54 Å². The van der Waals surface area contributed by atoms with Crippen LogP contribution in [0.3, 0.4) is 0 Å². The van der Waals surface area contributed by atoms with E-state index in [0.29, 0.717) is 17.2 Å². The fourth-order valence-electron chi connectivity index (χ4n) is 3.65. The Bertz CT molecular complexity index is 926. The van der Waals surface area contributed by atoms with Gasteiger partial charge in [-0.25, -0.2) is 4.98 Å². The average molecular weight is 383 g/mol. The smallest absolute Gasteiger partial charge is 0.203 e. The van der Waals surface area contributed by atoms with Crippen LogP contribution >= 0.6 is 0 Å². The van der Waals surface area contributed by atoms with E-state index < -0.39 is 0 Å². The lowest BCUT2D eigenvalue weighted by atomic mass is 10.1. The van der Waals surface area contributed by atoms with Gasteiger partial charge in [0.1, 0.15) is 5.82 Å². The fraction of sp³-hybridized carbons (Fsp3) is 0.409. The van der Waals surface area contributed by atoms with Crippen molar-refractivity contribution in [3.63, 3.8) is 0 Å². The minimum atomic E-state index is 0.0637. The number of methoxy groups -OCH3 is 3. The van der Waals surface area contributed by atoms with Crippen LogP contribution in [0.2, 0.25) is 0 Å². The van der Waals surface area contributed by atoms with E-state index in [4.69, 9.17) is 19.2 Å². The fourth-order valence-corrected chi connectivity index (χ4v) is 3.65. The lowest BCUT2D eigenvalue weighted by Gasteiger charge is -2.22. The Labute approximate surface area is 166 Å². The van der Waals surface area contributed by atoms with Gasteiger partial charge < -0.3 is 24.1 Å². The highest BCUT2D eigenvalue weighted by atomic mass is 16.5. The zero-order chi connectivity index (χ0) is 20.3. The van der Waals surface area contributed by atoms with Crippen LogP contribution in [0.5, 0.6) is 17.2 Å². The first-order valence-corrected chi connectivity index (χ1v) is 9.55. The lowest BCUT2D eigenvalue weighted by Crippen LogP contribution is -2.25. The Morgan fingerprint density at radius 1 is 0.964 bits per heavy atom. The number of fused-ring (bicyclic) bond motifs is 1. The third-order valence-corrected chi connectivity index (χ3v) is 5.07. The van der Waals surface area contributed by atoms with E-state index in [1.165, 1.54) is 0 Å². The number of benzene rings is 2. The summed E-state index contributed by atoms with van der Waals surface area (Å²) in [4.78, 5) is 4.86. The van der Waals surface area contributed by atoms with Gasteiger partial charge >= 0.3 is 0 Å². The van der Waals surface area contributed by atoms with Gasteiger partial charge in [0, 0.05) is 12.6 Å². The van der Waals surface area contributed by atoms with E-state index in [2.05, 4.69) is 48.9 Å². The Kier molecular flexibility index (Phi) is 6.09. The second kappa shape index (κ2) is 8.52. The number of ether oxygens (including phenoxy) is 3. The molecule has 0 fully saturated rings. The molecule has 0 unspecified atom stereocenters. The average Bonchev–Trinajstić information content (AvgIpc) is 3.11. The molecule has 0 saturated carbocycles. The molecule has 28 heavy (non-hydrogen) atoms. The van der Waals surface area contributed by atoms with Crippen LogP contribution in [0.1, 0.15) is 44.2 Å². The van der Waals surface area contributed by atoms with Gasteiger partial charge in [0.2, 0.25) is 5.75 Å². The Balaban J connectivity index is 1.90. The second-order valence-electron chi connectivity index (χ2n) is 6.77. The normalized spacial score (nSPS) is 13.4. The van der Waals surface area contributed by atoms with Gasteiger partial charge in [-0.15, -0.1) is 0 Å². The minimum absolute atomic E-state index is 0.0637. The molecule has 0 aliphatic heterocycles. The van der Waals surface area contributed by atoms with E-state index in [1.54, 1.807) is 21.3 Å². The maximum Gasteiger partial charge on any atom is 0.203 e. The predicted octanol–water partition coefficient (Wildman–Crippen LogP) is 4.49. The molecule has 1 heterocycles. The van der Waals surface area contributed by atoms with Gasteiger partial charge in [0.25, 0.3) is 0 Å². The predicted molar refractivity (Wildman–Crippen MR) is 111 cm³/mol. The Morgan fingerprint density at radius 2 is 1.61 bits per heavy atom. The van der Waals surface area contributed by atoms with Crippen molar-refractivity contribution in [2.24, 2.45) is 0 Å². The third kappa shape index (κ3) is 3.64. The van der Waals surface area contributed by atoms with Gasteiger partial charge in [-0.3, -0.25) is 0 Å². The number of rotatable bonds is 8. The van der Waals surface area contributed by atoms with Gasteiger partial charge in [-0.2, -0.15) is 0 Å². The summed E-state index contributed by atoms with van der Waals surface area (Å²) in [6, 6.07) is 12.3. The summed E-state index contributed by atoms with van der Waals surface area (Å²) >= 11 is 0. The minimum Gasteiger partial charge on any atom is -0.493 e. The molecule has 2 aromatic carbocycles. The van der Waals surface area contributed by atoms with E-state index in [9.17, 15) is 0 Å².